The molecule has 0 saturated heterocycles. The highest BCUT2D eigenvalue weighted by Crippen LogP contribution is 2.41. The Hall–Kier alpha value is -2.26. The fourth-order valence-electron chi connectivity index (χ4n) is 4.22. The second kappa shape index (κ2) is 9.91. The SMILES string of the molecule is CS[C@H]1CCCC[C@]1(O)CSc1nc(-c2ccccc2)cc(-c2ccccc2)c1C#N. The summed E-state index contributed by atoms with van der Waals surface area (Å²) in [5.41, 5.74) is 3.60. The summed E-state index contributed by atoms with van der Waals surface area (Å²) in [6.45, 7) is 0. The molecule has 0 unspecified atom stereocenters. The van der Waals surface area contributed by atoms with Crippen LogP contribution in [0.4, 0.5) is 0 Å². The van der Waals surface area contributed by atoms with Crippen LogP contribution >= 0.6 is 23.5 Å². The van der Waals surface area contributed by atoms with Crippen molar-refractivity contribution in [2.75, 3.05) is 12.0 Å². The summed E-state index contributed by atoms with van der Waals surface area (Å²) in [4.78, 5) is 4.89. The first-order valence-electron chi connectivity index (χ1n) is 10.6. The summed E-state index contributed by atoms with van der Waals surface area (Å²) in [6.07, 6.45) is 6.13. The molecular weight excluding hydrogens is 420 g/mol. The number of aliphatic hydroxyl groups is 1. The van der Waals surface area contributed by atoms with E-state index in [0.717, 1.165) is 41.6 Å². The molecule has 0 radical (unpaired) electrons. The molecule has 5 heteroatoms. The van der Waals surface area contributed by atoms with Crippen molar-refractivity contribution in [3.8, 4) is 28.5 Å². The maximum atomic E-state index is 11.4. The third-order valence-electron chi connectivity index (χ3n) is 5.92. The largest absolute Gasteiger partial charge is 0.388 e. The van der Waals surface area contributed by atoms with Gasteiger partial charge in [-0.25, -0.2) is 4.98 Å². The molecule has 0 bridgehead atoms. The Morgan fingerprint density at radius 2 is 1.74 bits per heavy atom. The Labute approximate surface area is 192 Å². The summed E-state index contributed by atoms with van der Waals surface area (Å²) in [5.74, 6) is 0.548. The van der Waals surface area contributed by atoms with Crippen LogP contribution in [0, 0.1) is 11.3 Å². The monoisotopic (exact) mass is 446 g/mol. The third kappa shape index (κ3) is 4.82. The average molecular weight is 447 g/mol. The first-order chi connectivity index (χ1) is 15.1. The summed E-state index contributed by atoms with van der Waals surface area (Å²) in [5, 5.41) is 22.4. The van der Waals surface area contributed by atoms with Gasteiger partial charge in [0.2, 0.25) is 0 Å². The van der Waals surface area contributed by atoms with Crippen LogP contribution in [0.25, 0.3) is 22.4 Å². The van der Waals surface area contributed by atoms with Gasteiger partial charge in [0.05, 0.1) is 16.9 Å². The van der Waals surface area contributed by atoms with E-state index in [1.807, 2.05) is 66.7 Å². The molecule has 1 fully saturated rings. The van der Waals surface area contributed by atoms with Crippen molar-refractivity contribution < 1.29 is 5.11 Å². The molecule has 0 amide bonds. The van der Waals surface area contributed by atoms with E-state index in [0.29, 0.717) is 16.3 Å². The molecular formula is C26H26N2OS2. The Bertz CT molecular complexity index is 1070. The number of hydrogen-bond donors (Lipinski definition) is 1. The number of thioether (sulfide) groups is 2. The Morgan fingerprint density at radius 3 is 2.39 bits per heavy atom. The lowest BCUT2D eigenvalue weighted by Gasteiger charge is -2.38. The highest BCUT2D eigenvalue weighted by molar-refractivity contribution is 8.00. The zero-order valence-corrected chi connectivity index (χ0v) is 19.3. The van der Waals surface area contributed by atoms with E-state index < -0.39 is 5.60 Å². The first kappa shape index (κ1) is 22.0. The highest BCUT2D eigenvalue weighted by atomic mass is 32.2. The molecule has 0 spiro atoms. The predicted molar refractivity (Wildman–Crippen MR) is 131 cm³/mol. The quantitative estimate of drug-likeness (QED) is 0.443. The van der Waals surface area contributed by atoms with Crippen molar-refractivity contribution in [2.24, 2.45) is 0 Å². The van der Waals surface area contributed by atoms with Crippen molar-refractivity contribution in [1.82, 2.24) is 4.98 Å². The summed E-state index contributed by atoms with van der Waals surface area (Å²) in [6, 6.07) is 24.5. The van der Waals surface area contributed by atoms with Crippen molar-refractivity contribution in [1.29, 1.82) is 5.26 Å². The predicted octanol–water partition coefficient (Wildman–Crippen LogP) is 6.42. The molecule has 2 atom stereocenters. The van der Waals surface area contributed by atoms with E-state index in [2.05, 4.69) is 12.3 Å². The molecule has 1 aliphatic rings. The van der Waals surface area contributed by atoms with Crippen LogP contribution in [0.5, 0.6) is 0 Å². The van der Waals surface area contributed by atoms with Gasteiger partial charge in [-0.05, 0) is 30.7 Å². The molecule has 1 aromatic heterocycles. The van der Waals surface area contributed by atoms with Crippen LogP contribution in [-0.4, -0.2) is 33.0 Å². The maximum Gasteiger partial charge on any atom is 0.115 e. The van der Waals surface area contributed by atoms with Crippen LogP contribution in [0.1, 0.15) is 31.2 Å². The van der Waals surface area contributed by atoms with Gasteiger partial charge >= 0.3 is 0 Å². The molecule has 1 heterocycles. The molecule has 1 aliphatic carbocycles. The molecule has 1 N–H and O–H groups in total. The fourth-order valence-corrected chi connectivity index (χ4v) is 6.57. The van der Waals surface area contributed by atoms with Crippen molar-refractivity contribution in [3.63, 3.8) is 0 Å². The molecule has 2 aromatic carbocycles. The van der Waals surface area contributed by atoms with Crippen LogP contribution in [0.2, 0.25) is 0 Å². The van der Waals surface area contributed by atoms with Crippen LogP contribution in [0.3, 0.4) is 0 Å². The Morgan fingerprint density at radius 1 is 1.06 bits per heavy atom. The third-order valence-corrected chi connectivity index (χ3v) is 8.38. The lowest BCUT2D eigenvalue weighted by atomic mass is 9.86. The van der Waals surface area contributed by atoms with Gasteiger partial charge in [-0.1, -0.05) is 73.5 Å². The number of benzene rings is 2. The number of nitrogens with zero attached hydrogens (tertiary/aromatic N) is 2. The molecule has 158 valence electrons. The van der Waals surface area contributed by atoms with Crippen molar-refractivity contribution >= 4 is 23.5 Å². The Balaban J connectivity index is 1.76. The number of nitriles is 1. The van der Waals surface area contributed by atoms with E-state index in [1.54, 1.807) is 11.8 Å². The van der Waals surface area contributed by atoms with Gasteiger partial charge in [0.1, 0.15) is 11.1 Å². The summed E-state index contributed by atoms with van der Waals surface area (Å²) < 4.78 is 0. The van der Waals surface area contributed by atoms with Crippen molar-refractivity contribution in [3.05, 3.63) is 72.3 Å². The van der Waals surface area contributed by atoms with E-state index in [4.69, 9.17) is 4.98 Å². The smallest absolute Gasteiger partial charge is 0.115 e. The Kier molecular flexibility index (Phi) is 7.02. The lowest BCUT2D eigenvalue weighted by Crippen LogP contribution is -2.45. The van der Waals surface area contributed by atoms with E-state index in [9.17, 15) is 10.4 Å². The number of hydrogen-bond acceptors (Lipinski definition) is 5. The maximum absolute atomic E-state index is 11.4. The molecule has 3 aromatic rings. The van der Waals surface area contributed by atoms with Gasteiger partial charge in [0.15, 0.2) is 0 Å². The highest BCUT2D eigenvalue weighted by Gasteiger charge is 2.38. The molecule has 4 rings (SSSR count). The fraction of sp³-hybridized carbons (Fsp3) is 0.308. The minimum absolute atomic E-state index is 0.227. The minimum atomic E-state index is -0.730. The molecule has 0 aliphatic heterocycles. The summed E-state index contributed by atoms with van der Waals surface area (Å²) in [7, 11) is 0. The zero-order chi connectivity index (χ0) is 21.7. The van der Waals surface area contributed by atoms with E-state index in [-0.39, 0.29) is 5.25 Å². The van der Waals surface area contributed by atoms with Crippen molar-refractivity contribution in [2.45, 2.75) is 41.6 Å². The van der Waals surface area contributed by atoms with Crippen LogP contribution in [-0.2, 0) is 0 Å². The van der Waals surface area contributed by atoms with E-state index in [1.165, 1.54) is 18.2 Å². The number of pyridine rings is 1. The number of aromatic nitrogens is 1. The first-order valence-corrected chi connectivity index (χ1v) is 12.9. The number of rotatable bonds is 6. The van der Waals surface area contributed by atoms with Crippen LogP contribution < -0.4 is 0 Å². The second-order valence-corrected chi connectivity index (χ2v) is 9.95. The standard InChI is InChI=1S/C26H26N2OS2/c1-30-24-14-8-9-15-26(24,29)18-31-25-22(17-27)21(19-10-4-2-5-11-19)16-23(28-25)20-12-6-3-7-13-20/h2-7,10-13,16,24,29H,8-9,14-15,18H2,1H3/t24-,26-/m0/s1. The normalized spacial score (nSPS) is 20.9. The second-order valence-electron chi connectivity index (χ2n) is 7.94. The van der Waals surface area contributed by atoms with Gasteiger partial charge in [-0.15, -0.1) is 11.8 Å². The summed E-state index contributed by atoms with van der Waals surface area (Å²) >= 11 is 3.27. The van der Waals surface area contributed by atoms with Gasteiger partial charge in [0.25, 0.3) is 0 Å². The zero-order valence-electron chi connectivity index (χ0n) is 17.6. The minimum Gasteiger partial charge on any atom is -0.388 e. The average Bonchev–Trinajstić information content (AvgIpc) is 2.83. The molecule has 3 nitrogen and oxygen atoms in total. The van der Waals surface area contributed by atoms with Gasteiger partial charge < -0.3 is 5.11 Å². The molecule has 1 saturated carbocycles. The lowest BCUT2D eigenvalue weighted by molar-refractivity contribution is 0.0340. The van der Waals surface area contributed by atoms with Gasteiger partial charge in [-0.3, -0.25) is 0 Å². The molecule has 31 heavy (non-hydrogen) atoms. The topological polar surface area (TPSA) is 56.9 Å². The van der Waals surface area contributed by atoms with E-state index >= 15 is 0 Å². The van der Waals surface area contributed by atoms with Crippen LogP contribution in [0.15, 0.2) is 71.8 Å². The van der Waals surface area contributed by atoms with Gasteiger partial charge in [0, 0.05) is 22.1 Å². The van der Waals surface area contributed by atoms with Gasteiger partial charge in [-0.2, -0.15) is 17.0 Å².